The highest BCUT2D eigenvalue weighted by atomic mass is 19.3. The number of hydrogen-bond acceptors (Lipinski definition) is 4. The first-order valence-corrected chi connectivity index (χ1v) is 6.20. The average molecular weight is 327 g/mol. The Labute approximate surface area is 123 Å². The molecule has 0 saturated heterocycles. The number of rotatable bonds is 7. The largest absolute Gasteiger partial charge is 0.464 e. The molecule has 0 fully saturated rings. The maximum absolute atomic E-state index is 13.8. The van der Waals surface area contributed by atoms with E-state index in [0.29, 0.717) is 0 Å². The summed E-state index contributed by atoms with van der Waals surface area (Å²) in [5.41, 5.74) is 5.12. The van der Waals surface area contributed by atoms with Crippen LogP contribution in [0.1, 0.15) is 18.5 Å². The van der Waals surface area contributed by atoms with Crippen LogP contribution in [0.15, 0.2) is 24.3 Å². The van der Waals surface area contributed by atoms with Gasteiger partial charge in [0.1, 0.15) is 5.75 Å². The molecule has 0 spiro atoms. The molecule has 124 valence electrons. The van der Waals surface area contributed by atoms with Crippen LogP contribution in [0.25, 0.3) is 0 Å². The Morgan fingerprint density at radius 3 is 2.41 bits per heavy atom. The van der Waals surface area contributed by atoms with Gasteiger partial charge in [-0.15, -0.1) is 0 Å². The van der Waals surface area contributed by atoms with Crippen LogP contribution in [0, 0.1) is 0 Å². The number of para-hydroxylation sites is 1. The zero-order chi connectivity index (χ0) is 16.9. The van der Waals surface area contributed by atoms with Gasteiger partial charge in [0.2, 0.25) is 6.17 Å². The number of esters is 1. The minimum absolute atomic E-state index is 0.104. The van der Waals surface area contributed by atoms with Crippen molar-refractivity contribution in [3.8, 4) is 5.75 Å². The van der Waals surface area contributed by atoms with E-state index in [1.807, 2.05) is 0 Å². The van der Waals surface area contributed by atoms with Crippen molar-refractivity contribution in [2.75, 3.05) is 6.61 Å². The fourth-order valence-corrected chi connectivity index (χ4v) is 1.57. The van der Waals surface area contributed by atoms with Crippen LogP contribution in [0.5, 0.6) is 5.75 Å². The van der Waals surface area contributed by atoms with E-state index in [9.17, 15) is 26.7 Å². The Kier molecular flexibility index (Phi) is 6.10. The first-order valence-electron chi connectivity index (χ1n) is 6.20. The number of alkyl halides is 5. The molecule has 1 aromatic carbocycles. The highest BCUT2D eigenvalue weighted by molar-refractivity contribution is 5.76. The maximum atomic E-state index is 13.8. The van der Waals surface area contributed by atoms with Crippen molar-refractivity contribution in [2.24, 2.45) is 5.73 Å². The molecule has 0 aliphatic rings. The number of nitrogens with two attached hydrogens (primary N) is 1. The van der Waals surface area contributed by atoms with Gasteiger partial charge < -0.3 is 15.2 Å². The lowest BCUT2D eigenvalue weighted by molar-refractivity contribution is -0.253. The first-order chi connectivity index (χ1) is 10.2. The van der Waals surface area contributed by atoms with E-state index in [1.165, 1.54) is 19.1 Å². The molecule has 0 bridgehead atoms. The summed E-state index contributed by atoms with van der Waals surface area (Å²) in [6, 6.07) is 2.82. The topological polar surface area (TPSA) is 61.5 Å². The molecule has 0 aliphatic carbocycles. The van der Waals surface area contributed by atoms with Crippen molar-refractivity contribution in [3.05, 3.63) is 29.8 Å². The van der Waals surface area contributed by atoms with Gasteiger partial charge in [0.15, 0.2) is 0 Å². The second kappa shape index (κ2) is 7.39. The van der Waals surface area contributed by atoms with Gasteiger partial charge in [-0.05, 0) is 13.0 Å². The van der Waals surface area contributed by atoms with Crippen molar-refractivity contribution in [1.29, 1.82) is 0 Å². The van der Waals surface area contributed by atoms with Crippen LogP contribution in [0.2, 0.25) is 0 Å². The van der Waals surface area contributed by atoms with Gasteiger partial charge in [0, 0.05) is 5.56 Å². The summed E-state index contributed by atoms with van der Waals surface area (Å²) in [5, 5.41) is 0. The highest BCUT2D eigenvalue weighted by Gasteiger charge is 2.45. The molecule has 0 radical (unpaired) electrons. The lowest BCUT2D eigenvalue weighted by Gasteiger charge is -2.22. The summed E-state index contributed by atoms with van der Waals surface area (Å²) in [6.45, 7) is 1.34. The summed E-state index contributed by atoms with van der Waals surface area (Å²) in [5.74, 6) is -2.03. The van der Waals surface area contributed by atoms with E-state index in [-0.39, 0.29) is 12.2 Å². The molecule has 1 unspecified atom stereocenters. The van der Waals surface area contributed by atoms with Crippen LogP contribution in [0.3, 0.4) is 0 Å². The van der Waals surface area contributed by atoms with Crippen molar-refractivity contribution in [1.82, 2.24) is 0 Å². The lowest BCUT2D eigenvalue weighted by atomic mass is 10.0. The molecule has 1 aromatic rings. The molecule has 0 amide bonds. The third-order valence-electron chi connectivity index (χ3n) is 2.61. The minimum atomic E-state index is -4.77. The van der Waals surface area contributed by atoms with Crippen LogP contribution in [-0.2, 0) is 9.53 Å². The van der Waals surface area contributed by atoms with Gasteiger partial charge in [0.05, 0.1) is 12.6 Å². The molecule has 0 aliphatic heterocycles. The van der Waals surface area contributed by atoms with E-state index in [1.54, 1.807) is 0 Å². The Bertz CT molecular complexity index is 512. The number of ether oxygens (including phenoxy) is 2. The maximum Gasteiger partial charge on any atom is 0.461 e. The van der Waals surface area contributed by atoms with Crippen molar-refractivity contribution < 1.29 is 36.2 Å². The fraction of sp³-hybridized carbons (Fsp3) is 0.462. The molecule has 9 heteroatoms. The van der Waals surface area contributed by atoms with E-state index >= 15 is 0 Å². The van der Waals surface area contributed by atoms with Crippen LogP contribution in [-0.4, -0.2) is 31.3 Å². The molecule has 4 nitrogen and oxygen atoms in total. The summed E-state index contributed by atoms with van der Waals surface area (Å²) in [7, 11) is 0. The van der Waals surface area contributed by atoms with Gasteiger partial charge in [-0.25, -0.2) is 9.18 Å². The molecule has 0 saturated carbocycles. The zero-order valence-corrected chi connectivity index (χ0v) is 11.4. The van der Waals surface area contributed by atoms with E-state index < -0.39 is 36.5 Å². The Balaban J connectivity index is 3.03. The monoisotopic (exact) mass is 327 g/mol. The summed E-state index contributed by atoms with van der Waals surface area (Å²) >= 11 is 0. The lowest BCUT2D eigenvalue weighted by Crippen LogP contribution is -2.35. The quantitative estimate of drug-likeness (QED) is 0.618. The van der Waals surface area contributed by atoms with Crippen LogP contribution < -0.4 is 10.5 Å². The van der Waals surface area contributed by atoms with Crippen molar-refractivity contribution in [3.63, 3.8) is 0 Å². The fourth-order valence-electron chi connectivity index (χ4n) is 1.57. The molecule has 2 atom stereocenters. The average Bonchev–Trinajstić information content (AvgIpc) is 2.46. The van der Waals surface area contributed by atoms with Crippen molar-refractivity contribution in [2.45, 2.75) is 31.7 Å². The molecular weight excluding hydrogens is 313 g/mol. The normalized spacial score (nSPS) is 14.5. The molecular formula is C13H14F5NO3. The summed E-state index contributed by atoms with van der Waals surface area (Å²) < 4.78 is 72.4. The van der Waals surface area contributed by atoms with Crippen LogP contribution >= 0.6 is 0 Å². The molecule has 0 heterocycles. The Morgan fingerprint density at radius 2 is 1.86 bits per heavy atom. The van der Waals surface area contributed by atoms with E-state index in [2.05, 4.69) is 9.47 Å². The third-order valence-corrected chi connectivity index (χ3v) is 2.61. The van der Waals surface area contributed by atoms with Gasteiger partial charge in [-0.3, -0.25) is 0 Å². The smallest absolute Gasteiger partial charge is 0.461 e. The van der Waals surface area contributed by atoms with Crippen LogP contribution in [0.4, 0.5) is 22.0 Å². The van der Waals surface area contributed by atoms with Gasteiger partial charge in [0.25, 0.3) is 0 Å². The number of hydrogen-bond donors (Lipinski definition) is 1. The molecule has 1 rings (SSSR count). The van der Waals surface area contributed by atoms with Gasteiger partial charge in [-0.2, -0.15) is 17.6 Å². The molecule has 22 heavy (non-hydrogen) atoms. The van der Waals surface area contributed by atoms with Crippen molar-refractivity contribution >= 4 is 5.97 Å². The Hall–Kier alpha value is -1.90. The number of benzene rings is 1. The Morgan fingerprint density at radius 1 is 1.27 bits per heavy atom. The number of halogens is 5. The third kappa shape index (κ3) is 4.30. The van der Waals surface area contributed by atoms with E-state index in [4.69, 9.17) is 5.73 Å². The van der Waals surface area contributed by atoms with E-state index in [0.717, 1.165) is 12.1 Å². The number of carbonyl (C=O) groups is 1. The second-order valence-electron chi connectivity index (χ2n) is 4.18. The summed E-state index contributed by atoms with van der Waals surface area (Å²) in [4.78, 5) is 11.3. The molecule has 0 aromatic heterocycles. The highest BCUT2D eigenvalue weighted by Crippen LogP contribution is 2.33. The second-order valence-corrected chi connectivity index (χ2v) is 4.18. The standard InChI is InChI=1S/C13H14F5NO3/c1-2-21-11(20)9(14)10(19)7-5-3-4-6-8(7)22-13(17,18)12(15)16/h3-6,9-10,12H,2,19H2,1H3/t9?,10-/m0/s1. The number of carbonyl (C=O) groups excluding carboxylic acids is 1. The zero-order valence-electron chi connectivity index (χ0n) is 11.4. The SMILES string of the molecule is CCOC(=O)C(F)[C@@H](N)c1ccccc1OC(F)(F)C(F)F. The van der Waals surface area contributed by atoms with Gasteiger partial charge >= 0.3 is 18.5 Å². The first kappa shape index (κ1) is 18.1. The predicted octanol–water partition coefficient (Wildman–Crippen LogP) is 2.82. The minimum Gasteiger partial charge on any atom is -0.464 e. The molecule has 2 N–H and O–H groups in total. The summed E-state index contributed by atoms with van der Waals surface area (Å²) in [6.07, 6.45) is -11.2. The predicted molar refractivity (Wildman–Crippen MR) is 66.5 cm³/mol. The van der Waals surface area contributed by atoms with Gasteiger partial charge in [-0.1, -0.05) is 18.2 Å².